The topological polar surface area (TPSA) is 148 Å². The smallest absolute Gasteiger partial charge is 0.267 e. The molecule has 0 aliphatic carbocycles. The van der Waals surface area contributed by atoms with E-state index in [2.05, 4.69) is 21.7 Å². The Morgan fingerprint density at radius 1 is 1.13 bits per heavy atom. The molecule has 1 aromatic carbocycles. The zero-order chi connectivity index (χ0) is 27.2. The lowest BCUT2D eigenvalue weighted by atomic mass is 10.1. The van der Waals surface area contributed by atoms with Gasteiger partial charge in [0.1, 0.15) is 24.0 Å². The van der Waals surface area contributed by atoms with Gasteiger partial charge in [-0.05, 0) is 38.2 Å². The van der Waals surface area contributed by atoms with Crippen molar-refractivity contribution in [1.82, 2.24) is 25.0 Å². The fourth-order valence-electron chi connectivity index (χ4n) is 4.89. The highest BCUT2D eigenvalue weighted by molar-refractivity contribution is 6.00. The number of hydrogen-bond acceptors (Lipinski definition) is 7. The predicted molar refractivity (Wildman–Crippen MR) is 141 cm³/mol. The summed E-state index contributed by atoms with van der Waals surface area (Å²) in [5.41, 5.74) is 1.44. The van der Waals surface area contributed by atoms with E-state index >= 15 is 0 Å². The van der Waals surface area contributed by atoms with E-state index in [1.54, 1.807) is 48.3 Å². The van der Waals surface area contributed by atoms with Crippen LogP contribution >= 0.6 is 0 Å². The Morgan fingerprint density at radius 3 is 2.55 bits per heavy atom. The first-order valence-corrected chi connectivity index (χ1v) is 12.8. The molecule has 38 heavy (non-hydrogen) atoms. The molecule has 4 rings (SSSR count). The maximum absolute atomic E-state index is 13.6. The van der Waals surface area contributed by atoms with Gasteiger partial charge in [-0.3, -0.25) is 14.4 Å². The molecule has 3 N–H and O–H groups in total. The average molecular weight is 517 g/mol. The van der Waals surface area contributed by atoms with Crippen LogP contribution in [0.5, 0.6) is 0 Å². The lowest BCUT2D eigenvalue weighted by Gasteiger charge is -2.28. The molecule has 2 aliphatic heterocycles. The molecule has 0 radical (unpaired) electrons. The monoisotopic (exact) mass is 516 g/mol. The number of hydrogen-bond donors (Lipinski definition) is 3. The number of nitrogens with zero attached hydrogens (tertiary/aromatic N) is 5. The van der Waals surface area contributed by atoms with Crippen molar-refractivity contribution >= 4 is 34.3 Å². The summed E-state index contributed by atoms with van der Waals surface area (Å²) in [6, 6.07) is 8.70. The van der Waals surface area contributed by atoms with Gasteiger partial charge in [0.05, 0.1) is 23.3 Å². The van der Waals surface area contributed by atoms with Crippen molar-refractivity contribution in [3.63, 3.8) is 0 Å². The minimum absolute atomic E-state index is 0.0178. The average Bonchev–Trinajstić information content (AvgIpc) is 3.57. The highest BCUT2D eigenvalue weighted by Crippen LogP contribution is 2.27. The Kier molecular flexibility index (Phi) is 8.17. The summed E-state index contributed by atoms with van der Waals surface area (Å²) in [5.74, 6) is -0.731. The van der Waals surface area contributed by atoms with Crippen LogP contribution in [0.3, 0.4) is 0 Å². The zero-order valence-electron chi connectivity index (χ0n) is 21.7. The van der Waals surface area contributed by atoms with Gasteiger partial charge in [-0.2, -0.15) is 10.5 Å². The summed E-state index contributed by atoms with van der Waals surface area (Å²) in [5, 5.41) is 26.3. The van der Waals surface area contributed by atoms with Crippen LogP contribution < -0.4 is 10.6 Å². The highest BCUT2D eigenvalue weighted by Gasteiger charge is 2.32. The number of nitriles is 2. The van der Waals surface area contributed by atoms with Gasteiger partial charge in [0, 0.05) is 45.3 Å². The molecule has 198 valence electrons. The molecule has 0 bridgehead atoms. The number of likely N-dealkylation sites (N-methyl/N-ethyl adjacent to an activating group) is 1. The normalized spacial score (nSPS) is 18.3. The van der Waals surface area contributed by atoms with Gasteiger partial charge in [0.15, 0.2) is 5.57 Å². The Balaban J connectivity index is 1.65. The van der Waals surface area contributed by atoms with Crippen LogP contribution in [0.1, 0.15) is 37.7 Å². The molecule has 2 fully saturated rings. The first-order valence-electron chi connectivity index (χ1n) is 12.8. The number of carbonyl (C=O) groups excluding carboxylic acids is 3. The number of aromatic amines is 1. The van der Waals surface area contributed by atoms with Crippen LogP contribution in [0.4, 0.5) is 5.69 Å². The summed E-state index contributed by atoms with van der Waals surface area (Å²) in [7, 11) is 3.09. The number of aromatic nitrogens is 1. The van der Waals surface area contributed by atoms with Crippen LogP contribution in [0, 0.1) is 22.7 Å². The Hall–Kier alpha value is -4.51. The molecule has 11 heteroatoms. The molecule has 2 aromatic rings. The fraction of sp³-hybridized carbons (Fsp3) is 0.444. The van der Waals surface area contributed by atoms with Gasteiger partial charge in [-0.1, -0.05) is 12.1 Å². The third kappa shape index (κ3) is 5.57. The van der Waals surface area contributed by atoms with Crippen molar-refractivity contribution in [2.75, 3.05) is 45.6 Å². The van der Waals surface area contributed by atoms with Crippen LogP contribution in [-0.4, -0.2) is 83.7 Å². The highest BCUT2D eigenvalue weighted by atomic mass is 16.2. The molecule has 3 heterocycles. The van der Waals surface area contributed by atoms with Gasteiger partial charge in [-0.25, -0.2) is 0 Å². The standard InChI is InChI=1S/C27H32N8O3/c1-33(2)26(37)20(15-29)25(31-21-10-7-8-19-18(14-28)16-30-24(19)21)32-22-9-3-4-13-35(27(22)38)17-23(36)34-11-5-6-12-34/h7-8,10,16,22,30-32H,3-6,9,11-13,17H2,1-2H3/b25-20-/t22-/m0/s1. The zero-order valence-corrected chi connectivity index (χ0v) is 21.7. The fourth-order valence-corrected chi connectivity index (χ4v) is 4.89. The molecule has 1 atom stereocenters. The summed E-state index contributed by atoms with van der Waals surface area (Å²) in [6.45, 7) is 1.93. The van der Waals surface area contributed by atoms with Crippen molar-refractivity contribution < 1.29 is 14.4 Å². The second-order valence-electron chi connectivity index (χ2n) is 9.77. The second-order valence-corrected chi connectivity index (χ2v) is 9.77. The summed E-state index contributed by atoms with van der Waals surface area (Å²) in [6.07, 6.45) is 5.52. The van der Waals surface area contributed by atoms with Gasteiger partial charge in [-0.15, -0.1) is 0 Å². The molecule has 0 unspecified atom stereocenters. The summed E-state index contributed by atoms with van der Waals surface area (Å²) < 4.78 is 0. The summed E-state index contributed by atoms with van der Waals surface area (Å²) in [4.78, 5) is 47.0. The molecule has 0 saturated carbocycles. The van der Waals surface area contributed by atoms with E-state index in [0.717, 1.165) is 38.8 Å². The van der Waals surface area contributed by atoms with E-state index in [1.165, 1.54) is 4.90 Å². The van der Waals surface area contributed by atoms with Crippen molar-refractivity contribution in [2.45, 2.75) is 38.1 Å². The number of carbonyl (C=O) groups is 3. The maximum Gasteiger partial charge on any atom is 0.267 e. The molecule has 1 aromatic heterocycles. The third-order valence-corrected chi connectivity index (χ3v) is 6.96. The van der Waals surface area contributed by atoms with Gasteiger partial charge in [0.2, 0.25) is 11.8 Å². The van der Waals surface area contributed by atoms with E-state index in [1.807, 2.05) is 6.07 Å². The SMILES string of the molecule is CN(C)C(=O)/C(C#N)=C(/Nc1cccc2c(C#N)c[nH]c12)N[C@H]1CCCCN(CC(=O)N2CCCC2)C1=O. The molecule has 2 saturated heterocycles. The van der Waals surface area contributed by atoms with Crippen LogP contribution in [0.15, 0.2) is 35.8 Å². The molecule has 0 spiro atoms. The van der Waals surface area contributed by atoms with Crippen LogP contribution in [0.2, 0.25) is 0 Å². The molecule has 11 nitrogen and oxygen atoms in total. The van der Waals surface area contributed by atoms with Crippen molar-refractivity contribution in [2.24, 2.45) is 0 Å². The van der Waals surface area contributed by atoms with Crippen molar-refractivity contribution in [3.05, 3.63) is 41.4 Å². The van der Waals surface area contributed by atoms with Gasteiger partial charge < -0.3 is 30.3 Å². The number of likely N-dealkylation sites (tertiary alicyclic amines) is 2. The number of para-hydroxylation sites is 1. The number of anilines is 1. The van der Waals surface area contributed by atoms with E-state index < -0.39 is 11.9 Å². The van der Waals surface area contributed by atoms with E-state index in [4.69, 9.17) is 0 Å². The quantitative estimate of drug-likeness (QED) is 0.376. The van der Waals surface area contributed by atoms with Gasteiger partial charge in [0.25, 0.3) is 5.91 Å². The summed E-state index contributed by atoms with van der Waals surface area (Å²) >= 11 is 0. The lowest BCUT2D eigenvalue weighted by Crippen LogP contribution is -2.49. The third-order valence-electron chi connectivity index (χ3n) is 6.96. The number of rotatable bonds is 7. The number of nitrogens with one attached hydrogen (secondary N) is 3. The van der Waals surface area contributed by atoms with Crippen molar-refractivity contribution in [3.8, 4) is 12.1 Å². The van der Waals surface area contributed by atoms with E-state index in [-0.39, 0.29) is 29.8 Å². The van der Waals surface area contributed by atoms with Gasteiger partial charge >= 0.3 is 0 Å². The Bertz CT molecular complexity index is 1340. The van der Waals surface area contributed by atoms with E-state index in [9.17, 15) is 24.9 Å². The minimum atomic E-state index is -0.734. The number of fused-ring (bicyclic) bond motifs is 1. The first kappa shape index (κ1) is 26.6. The number of H-pyrrole nitrogens is 1. The molecule has 2 aliphatic rings. The molecule has 3 amide bonds. The second kappa shape index (κ2) is 11.7. The van der Waals surface area contributed by atoms with Crippen LogP contribution in [-0.2, 0) is 14.4 Å². The molecular formula is C27H32N8O3. The maximum atomic E-state index is 13.6. The van der Waals surface area contributed by atoms with Crippen LogP contribution in [0.25, 0.3) is 10.9 Å². The Morgan fingerprint density at radius 2 is 1.87 bits per heavy atom. The largest absolute Gasteiger partial charge is 0.359 e. The minimum Gasteiger partial charge on any atom is -0.359 e. The predicted octanol–water partition coefficient (Wildman–Crippen LogP) is 1.87. The lowest BCUT2D eigenvalue weighted by molar-refractivity contribution is -0.140. The number of benzene rings is 1. The molecular weight excluding hydrogens is 484 g/mol. The van der Waals surface area contributed by atoms with Crippen molar-refractivity contribution in [1.29, 1.82) is 10.5 Å². The van der Waals surface area contributed by atoms with E-state index in [0.29, 0.717) is 35.1 Å². The Labute approximate surface area is 221 Å². The number of amides is 3. The first-order chi connectivity index (χ1) is 18.3.